The highest BCUT2D eigenvalue weighted by molar-refractivity contribution is 7.99. The number of hydrogen-bond acceptors (Lipinski definition) is 4. The van der Waals surface area contributed by atoms with Crippen molar-refractivity contribution in [1.82, 2.24) is 4.31 Å². The predicted octanol–water partition coefficient (Wildman–Crippen LogP) is 2.39. The number of fused-ring (bicyclic) bond motifs is 1. The Kier molecular flexibility index (Phi) is 2.41. The van der Waals surface area contributed by atoms with Crippen LogP contribution in [0.3, 0.4) is 0 Å². The molecule has 0 bridgehead atoms. The van der Waals surface area contributed by atoms with E-state index in [-0.39, 0.29) is 6.10 Å². The van der Waals surface area contributed by atoms with Crippen LogP contribution in [0.5, 0.6) is 0 Å². The Morgan fingerprint density at radius 2 is 2.50 bits per heavy atom. The molecule has 66 valence electrons. The molecule has 0 radical (unpaired) electrons. The van der Waals surface area contributed by atoms with Gasteiger partial charge in [0.05, 0.1) is 10.3 Å². The monoisotopic (exact) mass is 201 g/mol. The highest BCUT2D eigenvalue weighted by Crippen LogP contribution is 2.40. The molecule has 0 saturated carbocycles. The zero-order valence-corrected chi connectivity index (χ0v) is 8.74. The lowest BCUT2D eigenvalue weighted by molar-refractivity contribution is 0.0867. The number of rotatable bonds is 1. The topological polar surface area (TPSA) is 12.5 Å². The van der Waals surface area contributed by atoms with Crippen molar-refractivity contribution in [2.24, 2.45) is 0 Å². The van der Waals surface area contributed by atoms with Crippen LogP contribution in [0.25, 0.3) is 0 Å². The van der Waals surface area contributed by atoms with Gasteiger partial charge < -0.3 is 4.74 Å². The van der Waals surface area contributed by atoms with Crippen LogP contribution in [-0.4, -0.2) is 25.0 Å². The van der Waals surface area contributed by atoms with E-state index in [0.29, 0.717) is 0 Å². The van der Waals surface area contributed by atoms with Gasteiger partial charge in [-0.15, -0.1) is 11.3 Å². The first-order chi connectivity index (χ1) is 5.81. The molecule has 0 N–H and O–H groups in total. The summed E-state index contributed by atoms with van der Waals surface area (Å²) in [7, 11) is 3.87. The molecule has 1 aromatic heterocycles. The van der Waals surface area contributed by atoms with Gasteiger partial charge in [0, 0.05) is 19.2 Å². The zero-order valence-electron chi connectivity index (χ0n) is 7.11. The van der Waals surface area contributed by atoms with Crippen LogP contribution in [0.4, 0.5) is 0 Å². The van der Waals surface area contributed by atoms with Gasteiger partial charge in [0.1, 0.15) is 0 Å². The molecule has 1 aromatic rings. The van der Waals surface area contributed by atoms with E-state index in [1.165, 1.54) is 9.77 Å². The normalized spacial score (nSPS) is 24.0. The van der Waals surface area contributed by atoms with Gasteiger partial charge in [0.15, 0.2) is 0 Å². The lowest BCUT2D eigenvalue weighted by atomic mass is 10.2. The molecule has 0 aromatic carbocycles. The molecule has 2 heterocycles. The summed E-state index contributed by atoms with van der Waals surface area (Å²) in [4.78, 5) is 0. The third-order valence-electron chi connectivity index (χ3n) is 1.95. The fraction of sp³-hybridized carbons (Fsp3) is 0.500. The number of hydrogen-bond donors (Lipinski definition) is 0. The molecule has 0 aliphatic carbocycles. The molecular weight excluding hydrogens is 190 g/mol. The van der Waals surface area contributed by atoms with Crippen molar-refractivity contribution in [2.45, 2.75) is 10.3 Å². The summed E-state index contributed by atoms with van der Waals surface area (Å²) in [5, 5.41) is 2.13. The molecule has 1 aliphatic heterocycles. The average Bonchev–Trinajstić information content (AvgIpc) is 2.50. The predicted molar refractivity (Wildman–Crippen MR) is 52.6 cm³/mol. The minimum absolute atomic E-state index is 0.262. The highest BCUT2D eigenvalue weighted by atomic mass is 32.2. The van der Waals surface area contributed by atoms with E-state index in [9.17, 15) is 0 Å². The molecule has 4 heteroatoms. The van der Waals surface area contributed by atoms with Gasteiger partial charge >= 0.3 is 0 Å². The van der Waals surface area contributed by atoms with Gasteiger partial charge in [0.25, 0.3) is 0 Å². The van der Waals surface area contributed by atoms with E-state index >= 15 is 0 Å². The van der Waals surface area contributed by atoms with Crippen LogP contribution in [0.15, 0.2) is 15.7 Å². The summed E-state index contributed by atoms with van der Waals surface area (Å²) in [5.41, 5.74) is 1.35. The number of likely N-dealkylation sites (N-methyl/N-ethyl adjacent to an activating group) is 1. The van der Waals surface area contributed by atoms with Crippen molar-refractivity contribution in [3.05, 3.63) is 17.0 Å². The fourth-order valence-electron chi connectivity index (χ4n) is 1.33. The Morgan fingerprint density at radius 3 is 3.25 bits per heavy atom. The van der Waals surface area contributed by atoms with Crippen molar-refractivity contribution < 1.29 is 4.74 Å². The molecule has 1 unspecified atom stereocenters. The number of thiophene rings is 1. The lowest BCUT2D eigenvalue weighted by Crippen LogP contribution is -2.23. The molecule has 1 atom stereocenters. The quantitative estimate of drug-likeness (QED) is 0.647. The van der Waals surface area contributed by atoms with E-state index in [0.717, 1.165) is 6.54 Å². The summed E-state index contributed by atoms with van der Waals surface area (Å²) in [6.07, 6.45) is 0.262. The molecule has 0 fully saturated rings. The van der Waals surface area contributed by atoms with E-state index in [2.05, 4.69) is 22.8 Å². The highest BCUT2D eigenvalue weighted by Gasteiger charge is 2.24. The Morgan fingerprint density at radius 1 is 1.67 bits per heavy atom. The second-order valence-electron chi connectivity index (χ2n) is 2.79. The molecule has 0 amide bonds. The van der Waals surface area contributed by atoms with E-state index in [4.69, 9.17) is 4.74 Å². The minimum Gasteiger partial charge on any atom is -0.375 e. The number of methoxy groups -OCH3 is 1. The van der Waals surface area contributed by atoms with Crippen molar-refractivity contribution in [3.63, 3.8) is 0 Å². The van der Waals surface area contributed by atoms with Crippen molar-refractivity contribution in [1.29, 1.82) is 0 Å². The van der Waals surface area contributed by atoms with Crippen LogP contribution in [-0.2, 0) is 4.74 Å². The maximum absolute atomic E-state index is 5.40. The maximum Gasteiger partial charge on any atom is 0.0976 e. The van der Waals surface area contributed by atoms with Crippen molar-refractivity contribution in [2.75, 3.05) is 20.7 Å². The van der Waals surface area contributed by atoms with Crippen LogP contribution in [0.1, 0.15) is 11.7 Å². The molecular formula is C8H11NOS2. The summed E-state index contributed by atoms with van der Waals surface area (Å²) in [5.74, 6) is 0. The van der Waals surface area contributed by atoms with E-state index in [1.54, 1.807) is 18.4 Å². The summed E-state index contributed by atoms with van der Waals surface area (Å²) in [6, 6.07) is 2.16. The van der Waals surface area contributed by atoms with Crippen LogP contribution < -0.4 is 0 Å². The first-order valence-electron chi connectivity index (χ1n) is 3.80. The van der Waals surface area contributed by atoms with Gasteiger partial charge in [-0.1, -0.05) is 0 Å². The molecule has 0 saturated heterocycles. The average molecular weight is 201 g/mol. The molecule has 2 nitrogen and oxygen atoms in total. The minimum atomic E-state index is 0.262. The Bertz CT molecular complexity index is 274. The van der Waals surface area contributed by atoms with Crippen LogP contribution in [0, 0.1) is 0 Å². The summed E-state index contributed by atoms with van der Waals surface area (Å²) in [6.45, 7) is 0.977. The van der Waals surface area contributed by atoms with Crippen LogP contribution >= 0.6 is 23.3 Å². The third-order valence-corrected chi connectivity index (χ3v) is 4.05. The van der Waals surface area contributed by atoms with Gasteiger partial charge in [-0.3, -0.25) is 0 Å². The van der Waals surface area contributed by atoms with Crippen LogP contribution in [0.2, 0.25) is 0 Å². The van der Waals surface area contributed by atoms with Gasteiger partial charge in [-0.25, -0.2) is 4.31 Å². The zero-order chi connectivity index (χ0) is 8.55. The molecule has 12 heavy (non-hydrogen) atoms. The lowest BCUT2D eigenvalue weighted by Gasteiger charge is -2.27. The van der Waals surface area contributed by atoms with E-state index in [1.807, 2.05) is 11.9 Å². The Labute approximate surface area is 80.7 Å². The van der Waals surface area contributed by atoms with Gasteiger partial charge in [-0.2, -0.15) is 0 Å². The summed E-state index contributed by atoms with van der Waals surface area (Å²) < 4.78 is 8.98. The van der Waals surface area contributed by atoms with Gasteiger partial charge in [0.2, 0.25) is 0 Å². The van der Waals surface area contributed by atoms with Gasteiger partial charge in [-0.05, 0) is 30.4 Å². The molecule has 2 rings (SSSR count). The fourth-order valence-corrected chi connectivity index (χ4v) is 3.52. The molecule has 1 aliphatic rings. The Balaban J connectivity index is 2.31. The van der Waals surface area contributed by atoms with E-state index < -0.39 is 0 Å². The standard InChI is InChI=1S/C8H11NOS2/c1-9-5-7(10-2)6-3-4-11-8(6)12-9/h3-4,7H,5H2,1-2H3. The summed E-state index contributed by atoms with van der Waals surface area (Å²) >= 11 is 3.60. The SMILES string of the molecule is COC1CN(C)Sc2sccc21. The van der Waals surface area contributed by atoms with Crippen molar-refractivity contribution in [3.8, 4) is 0 Å². The number of nitrogens with zero attached hydrogens (tertiary/aromatic N) is 1. The van der Waals surface area contributed by atoms with Crippen molar-refractivity contribution >= 4 is 23.3 Å². The second kappa shape index (κ2) is 3.38. The first kappa shape index (κ1) is 8.56. The number of ether oxygens (including phenoxy) is 1. The Hall–Kier alpha value is -0.0300. The third kappa shape index (κ3) is 1.40. The maximum atomic E-state index is 5.40. The smallest absolute Gasteiger partial charge is 0.0976 e. The second-order valence-corrected chi connectivity index (χ2v) is 5.18. The first-order valence-corrected chi connectivity index (χ1v) is 5.46. The molecule has 0 spiro atoms. The largest absolute Gasteiger partial charge is 0.375 e.